The lowest BCUT2D eigenvalue weighted by Crippen LogP contribution is -2.63. The van der Waals surface area contributed by atoms with Gasteiger partial charge in [-0.2, -0.15) is 0 Å². The predicted octanol–water partition coefficient (Wildman–Crippen LogP) is 4.29. The Morgan fingerprint density at radius 2 is 1.82 bits per heavy atom. The monoisotopic (exact) mass is 735 g/mol. The minimum Gasteiger partial charge on any atom is -0.495 e. The molecule has 0 spiro atoms. The quantitative estimate of drug-likeness (QED) is 0.269. The molecule has 282 valence electrons. The number of hydrogen-bond donors (Lipinski definition) is 3. The summed E-state index contributed by atoms with van der Waals surface area (Å²) in [6, 6.07) is 2.38. The van der Waals surface area contributed by atoms with Gasteiger partial charge in [0.25, 0.3) is 0 Å². The van der Waals surface area contributed by atoms with Gasteiger partial charge in [0.15, 0.2) is 5.72 Å². The van der Waals surface area contributed by atoms with Gasteiger partial charge >= 0.3 is 12.1 Å². The Hall–Kier alpha value is -3.69. The number of esters is 1. The van der Waals surface area contributed by atoms with Crippen molar-refractivity contribution in [2.24, 2.45) is 11.8 Å². The van der Waals surface area contributed by atoms with Crippen molar-refractivity contribution in [3.05, 3.63) is 46.5 Å². The summed E-state index contributed by atoms with van der Waals surface area (Å²) in [4.78, 5) is 54.2. The van der Waals surface area contributed by atoms with E-state index < -0.39 is 71.8 Å². The topological polar surface area (TPSA) is 174 Å². The number of aliphatic hydroxyl groups is 1. The fourth-order valence-electron chi connectivity index (χ4n) is 6.70. The number of benzene rings is 1. The molecule has 1 aromatic rings. The minimum absolute atomic E-state index is 0.0731. The Labute approximate surface area is 303 Å². The first-order valence-corrected chi connectivity index (χ1v) is 17.2. The smallest absolute Gasteiger partial charge is 0.409 e. The van der Waals surface area contributed by atoms with E-state index in [0.29, 0.717) is 5.56 Å². The standard InChI is InChI=1S/C36H50ClN3O11/c1-18(2)32(42)40(7)21(5)33(43)50-27-16-28(41)38-23-14-22(15-24(46-8)29(23)37)30(48-10)19(3)12-11-13-26(47-9)36(45)17-25(49-34(44)39-36)20(4)31-35(27,6)51-31/h11-15,18,20-21,25-27,30-31,45H,16-17H2,1-10H3,(H,38,41)(H,39,44)/b13-11-,19-12-. The number of ether oxygens (including phenoxy) is 6. The number of epoxide rings is 1. The molecule has 4 rings (SSSR count). The van der Waals surface area contributed by atoms with Crippen molar-refractivity contribution in [3.63, 3.8) is 0 Å². The average Bonchev–Trinajstić information content (AvgIpc) is 3.77. The Bertz CT molecular complexity index is 1570. The lowest BCUT2D eigenvalue weighted by atomic mass is 9.83. The number of methoxy groups -OCH3 is 3. The number of likely N-dealkylation sites (N-methyl/N-ethyl adjacent to an activating group) is 1. The maximum Gasteiger partial charge on any atom is 0.409 e. The van der Waals surface area contributed by atoms with Crippen LogP contribution in [0.4, 0.5) is 10.5 Å². The number of nitrogens with zero attached hydrogens (tertiary/aromatic N) is 1. The molecule has 0 aliphatic carbocycles. The molecule has 0 radical (unpaired) electrons. The van der Waals surface area contributed by atoms with Gasteiger partial charge in [-0.15, -0.1) is 0 Å². The molecular formula is C36H50ClN3O11. The molecule has 2 fully saturated rings. The molecule has 51 heavy (non-hydrogen) atoms. The highest BCUT2D eigenvalue weighted by Crippen LogP contribution is 2.49. The Kier molecular flexibility index (Phi) is 12.5. The number of carbonyl (C=O) groups excluding carboxylic acids is 4. The van der Waals surface area contributed by atoms with Gasteiger partial charge in [0, 0.05) is 39.5 Å². The van der Waals surface area contributed by atoms with Crippen molar-refractivity contribution >= 4 is 41.2 Å². The van der Waals surface area contributed by atoms with E-state index in [0.717, 1.165) is 5.57 Å². The van der Waals surface area contributed by atoms with Gasteiger partial charge in [-0.3, -0.25) is 14.9 Å². The average molecular weight is 736 g/mol. The van der Waals surface area contributed by atoms with E-state index >= 15 is 0 Å². The molecule has 15 heteroatoms. The van der Waals surface area contributed by atoms with Crippen LogP contribution in [0.1, 0.15) is 66.1 Å². The summed E-state index contributed by atoms with van der Waals surface area (Å²) in [6.07, 6.45) is -0.500. The third-order valence-electron chi connectivity index (χ3n) is 9.95. The second kappa shape index (κ2) is 15.9. The molecule has 14 nitrogen and oxygen atoms in total. The van der Waals surface area contributed by atoms with E-state index in [-0.39, 0.29) is 41.1 Å². The number of nitrogens with one attached hydrogen (secondary N) is 2. The number of rotatable bonds is 7. The van der Waals surface area contributed by atoms with Crippen LogP contribution >= 0.6 is 11.6 Å². The van der Waals surface area contributed by atoms with Gasteiger partial charge in [0.2, 0.25) is 11.8 Å². The highest BCUT2D eigenvalue weighted by Gasteiger charge is 2.64. The predicted molar refractivity (Wildman–Crippen MR) is 187 cm³/mol. The van der Waals surface area contributed by atoms with Crippen molar-refractivity contribution in [3.8, 4) is 5.75 Å². The van der Waals surface area contributed by atoms with Crippen LogP contribution in [0.3, 0.4) is 0 Å². The second-order valence-electron chi connectivity index (χ2n) is 13.9. The van der Waals surface area contributed by atoms with Gasteiger partial charge < -0.3 is 43.7 Å². The first-order chi connectivity index (χ1) is 23.9. The first kappa shape index (κ1) is 40.1. The summed E-state index contributed by atoms with van der Waals surface area (Å²) in [5.41, 5.74) is -1.50. The number of carbonyl (C=O) groups is 4. The van der Waals surface area contributed by atoms with E-state index in [1.165, 1.54) is 33.3 Å². The summed E-state index contributed by atoms with van der Waals surface area (Å²) < 4.78 is 34.8. The van der Waals surface area contributed by atoms with Crippen LogP contribution in [0.5, 0.6) is 5.75 Å². The molecule has 3 heterocycles. The van der Waals surface area contributed by atoms with Gasteiger partial charge in [-0.25, -0.2) is 9.59 Å². The third kappa shape index (κ3) is 8.52. The highest BCUT2D eigenvalue weighted by molar-refractivity contribution is 6.35. The number of halogens is 1. The van der Waals surface area contributed by atoms with E-state index in [4.69, 9.17) is 40.0 Å². The van der Waals surface area contributed by atoms with Crippen LogP contribution in [0.15, 0.2) is 35.9 Å². The molecule has 9 atom stereocenters. The fraction of sp³-hybridized carbons (Fsp3) is 0.611. The normalized spacial score (nSPS) is 33.3. The zero-order valence-electron chi connectivity index (χ0n) is 30.8. The SMILES string of the molecule is COc1cc2cc(c1Cl)NC(=O)CC(OC(=O)C(C)N(C)C(=O)C(C)C)C1(C)OC1C(C)C1CC(O)(NC(=O)O1)C(OC)/C=C\C=C(\C)C2OC. The summed E-state index contributed by atoms with van der Waals surface area (Å²) in [6.45, 7) is 10.3. The van der Waals surface area contributed by atoms with Crippen LogP contribution in [0.2, 0.25) is 5.02 Å². The summed E-state index contributed by atoms with van der Waals surface area (Å²) in [5.74, 6) is -2.17. The van der Waals surface area contributed by atoms with E-state index in [1.807, 2.05) is 6.92 Å². The summed E-state index contributed by atoms with van der Waals surface area (Å²) >= 11 is 6.67. The van der Waals surface area contributed by atoms with Crippen molar-refractivity contribution in [1.82, 2.24) is 10.2 Å². The van der Waals surface area contributed by atoms with E-state index in [2.05, 4.69) is 10.6 Å². The van der Waals surface area contributed by atoms with Crippen LogP contribution in [0.25, 0.3) is 0 Å². The maximum atomic E-state index is 13.8. The number of allylic oxidation sites excluding steroid dienone is 2. The van der Waals surface area contributed by atoms with Crippen molar-refractivity contribution in [2.45, 2.75) is 102 Å². The molecule has 4 bridgehead atoms. The number of fused-ring (bicyclic) bond motifs is 5. The van der Waals surface area contributed by atoms with Crippen molar-refractivity contribution in [2.75, 3.05) is 33.7 Å². The number of amides is 3. The first-order valence-electron chi connectivity index (χ1n) is 16.8. The Morgan fingerprint density at radius 1 is 1.14 bits per heavy atom. The van der Waals surface area contributed by atoms with Gasteiger partial charge in [0.05, 0.1) is 25.3 Å². The number of hydrogen-bond acceptors (Lipinski definition) is 11. The van der Waals surface area contributed by atoms with Gasteiger partial charge in [0.1, 0.15) is 46.8 Å². The lowest BCUT2D eigenvalue weighted by molar-refractivity contribution is -0.162. The molecule has 0 aromatic heterocycles. The molecule has 2 saturated heterocycles. The van der Waals surface area contributed by atoms with Gasteiger partial charge in [-0.1, -0.05) is 50.6 Å². The minimum atomic E-state index is -1.86. The van der Waals surface area contributed by atoms with E-state index in [1.54, 1.807) is 65.0 Å². The Morgan fingerprint density at radius 3 is 2.43 bits per heavy atom. The summed E-state index contributed by atoms with van der Waals surface area (Å²) in [7, 11) is 5.90. The molecular weight excluding hydrogens is 686 g/mol. The maximum absolute atomic E-state index is 13.8. The second-order valence-corrected chi connectivity index (χ2v) is 14.3. The van der Waals surface area contributed by atoms with Crippen LogP contribution in [-0.4, -0.2) is 104 Å². The molecule has 3 aliphatic heterocycles. The molecule has 3 aliphatic rings. The number of anilines is 1. The third-order valence-corrected chi connectivity index (χ3v) is 10.3. The Balaban J connectivity index is 1.80. The number of alkyl carbamates (subject to hydrolysis) is 1. The fourth-order valence-corrected chi connectivity index (χ4v) is 6.93. The largest absolute Gasteiger partial charge is 0.495 e. The van der Waals surface area contributed by atoms with Crippen LogP contribution < -0.4 is 15.4 Å². The van der Waals surface area contributed by atoms with Crippen molar-refractivity contribution < 1.29 is 52.7 Å². The van der Waals surface area contributed by atoms with Crippen LogP contribution in [-0.2, 0) is 38.1 Å². The van der Waals surface area contributed by atoms with Gasteiger partial charge in [-0.05, 0) is 44.0 Å². The summed E-state index contributed by atoms with van der Waals surface area (Å²) in [5, 5.41) is 17.2. The zero-order chi connectivity index (χ0) is 38.0. The molecule has 3 N–H and O–H groups in total. The molecule has 0 saturated carbocycles. The molecule has 3 amide bonds. The van der Waals surface area contributed by atoms with E-state index in [9.17, 15) is 24.3 Å². The van der Waals surface area contributed by atoms with Crippen molar-refractivity contribution in [1.29, 1.82) is 0 Å². The lowest BCUT2D eigenvalue weighted by Gasteiger charge is -2.42. The molecule has 1 aromatic carbocycles. The van der Waals surface area contributed by atoms with Crippen LogP contribution in [0, 0.1) is 11.8 Å². The highest BCUT2D eigenvalue weighted by atomic mass is 35.5. The molecule has 9 unspecified atom stereocenters. The zero-order valence-corrected chi connectivity index (χ0v) is 31.5.